The molecular weight excluding hydrogens is 685 g/mol. The van der Waals surface area contributed by atoms with E-state index in [2.05, 4.69) is 5.16 Å². The van der Waals surface area contributed by atoms with Gasteiger partial charge < -0.3 is 24.5 Å². The first-order valence-corrected chi connectivity index (χ1v) is 14.9. The van der Waals surface area contributed by atoms with E-state index in [0.717, 1.165) is 12.1 Å². The van der Waals surface area contributed by atoms with E-state index in [0.29, 0.717) is 34.4 Å². The first-order valence-electron chi connectivity index (χ1n) is 14.9. The van der Waals surface area contributed by atoms with Crippen LogP contribution in [0, 0.1) is 12.8 Å². The van der Waals surface area contributed by atoms with Crippen LogP contribution in [0.25, 0.3) is 22.3 Å². The monoisotopic (exact) mass is 711 g/mol. The molecule has 0 radical (unpaired) electrons. The zero-order chi connectivity index (χ0) is 36.3. The van der Waals surface area contributed by atoms with E-state index < -0.39 is 65.2 Å². The third kappa shape index (κ3) is 6.64. The maximum atomic E-state index is 14.0. The summed E-state index contributed by atoms with van der Waals surface area (Å²) in [7, 11) is 1.36. The van der Waals surface area contributed by atoms with Crippen LogP contribution in [0.2, 0.25) is 0 Å². The number of methoxy groups -OCH3 is 1. The maximum absolute atomic E-state index is 14.0. The Labute approximate surface area is 278 Å². The second kappa shape index (κ2) is 12.6. The predicted octanol–water partition coefficient (Wildman–Crippen LogP) is 9.19. The molecule has 1 fully saturated rings. The molecule has 4 aromatic rings. The number of aryl methyl sites for hydroxylation is 1. The second-order valence-corrected chi connectivity index (χ2v) is 11.9. The van der Waals surface area contributed by atoms with Crippen molar-refractivity contribution < 1.29 is 64.0 Å². The van der Waals surface area contributed by atoms with Crippen molar-refractivity contribution in [3.8, 4) is 28.0 Å². The van der Waals surface area contributed by atoms with Gasteiger partial charge in [-0.3, -0.25) is 0 Å². The molecule has 50 heavy (non-hydrogen) atoms. The van der Waals surface area contributed by atoms with Crippen LogP contribution >= 0.6 is 0 Å². The third-order valence-electron chi connectivity index (χ3n) is 8.68. The third-order valence-corrected chi connectivity index (χ3v) is 8.68. The summed E-state index contributed by atoms with van der Waals surface area (Å²) >= 11 is 0. The largest absolute Gasteiger partial charge is 0.496 e. The zero-order valence-electron chi connectivity index (χ0n) is 25.9. The van der Waals surface area contributed by atoms with Crippen molar-refractivity contribution in [2.75, 3.05) is 13.7 Å². The van der Waals surface area contributed by atoms with Gasteiger partial charge in [0.1, 0.15) is 17.6 Å². The van der Waals surface area contributed by atoms with Crippen LogP contribution in [0.4, 0.5) is 39.5 Å². The average Bonchev–Trinajstić information content (AvgIpc) is 3.65. The number of halogens is 9. The van der Waals surface area contributed by atoms with Gasteiger partial charge in [-0.05, 0) is 82.8 Å². The Morgan fingerprint density at radius 1 is 0.740 bits per heavy atom. The summed E-state index contributed by atoms with van der Waals surface area (Å²) in [5.74, 6) is -0.765. The summed E-state index contributed by atoms with van der Waals surface area (Å²) < 4.78 is 135. The highest BCUT2D eigenvalue weighted by atomic mass is 19.4. The van der Waals surface area contributed by atoms with E-state index in [1.165, 1.54) is 19.2 Å². The average molecular weight is 712 g/mol. The number of benzene rings is 4. The van der Waals surface area contributed by atoms with Crippen LogP contribution in [-0.2, 0) is 28.1 Å². The molecule has 2 heterocycles. The molecule has 6 nitrogen and oxygen atoms in total. The number of nitrogens with zero attached hydrogens (tertiary/aromatic N) is 1. The molecule has 0 bridgehead atoms. The molecule has 0 aliphatic carbocycles. The van der Waals surface area contributed by atoms with Crippen LogP contribution < -0.4 is 4.74 Å². The molecule has 2 aliphatic heterocycles. The number of aliphatic hydroxyl groups is 2. The quantitative estimate of drug-likeness (QED) is 0.154. The fourth-order valence-electron chi connectivity index (χ4n) is 6.26. The Kier molecular flexibility index (Phi) is 8.89. The van der Waals surface area contributed by atoms with E-state index in [4.69, 9.17) is 14.3 Å². The van der Waals surface area contributed by atoms with E-state index in [1.54, 1.807) is 37.3 Å². The number of alkyl halides is 9. The molecule has 264 valence electrons. The number of oxime groups is 1. The van der Waals surface area contributed by atoms with Gasteiger partial charge in [0.05, 0.1) is 36.3 Å². The molecule has 0 spiro atoms. The lowest BCUT2D eigenvalue weighted by Gasteiger charge is -2.20. The molecular formula is C35H26F9NO5. The highest BCUT2D eigenvalue weighted by Gasteiger charge is 2.48. The van der Waals surface area contributed by atoms with Crippen LogP contribution in [-0.4, -0.2) is 29.6 Å². The zero-order valence-corrected chi connectivity index (χ0v) is 25.9. The minimum absolute atomic E-state index is 0.00865. The summed E-state index contributed by atoms with van der Waals surface area (Å²) in [6.45, 7) is 1.40. The number of ether oxygens (including phenoxy) is 2. The van der Waals surface area contributed by atoms with Gasteiger partial charge in [-0.15, -0.1) is 0 Å². The first-order chi connectivity index (χ1) is 23.4. The fourth-order valence-corrected chi connectivity index (χ4v) is 6.26. The Balaban J connectivity index is 1.44. The molecule has 1 saturated heterocycles. The van der Waals surface area contributed by atoms with Crippen LogP contribution in [0.3, 0.4) is 0 Å². The van der Waals surface area contributed by atoms with E-state index in [1.807, 2.05) is 0 Å². The molecule has 0 aromatic heterocycles. The molecule has 2 aliphatic rings. The number of fused-ring (bicyclic) bond motifs is 1. The minimum atomic E-state index is -5.12. The summed E-state index contributed by atoms with van der Waals surface area (Å²) in [6, 6.07) is 13.6. The van der Waals surface area contributed by atoms with Gasteiger partial charge in [0.2, 0.25) is 0 Å². The van der Waals surface area contributed by atoms with Gasteiger partial charge in [0.25, 0.3) is 0 Å². The van der Waals surface area contributed by atoms with Crippen molar-refractivity contribution in [3.63, 3.8) is 0 Å². The van der Waals surface area contributed by atoms with Gasteiger partial charge in [0, 0.05) is 11.1 Å². The number of aliphatic hydroxyl groups excluding tert-OH is 1. The Bertz CT molecular complexity index is 1940. The van der Waals surface area contributed by atoms with E-state index in [-0.39, 0.29) is 40.8 Å². The molecule has 4 aromatic carbocycles. The van der Waals surface area contributed by atoms with Crippen LogP contribution in [0.5, 0.6) is 5.75 Å². The lowest BCUT2D eigenvalue weighted by Crippen LogP contribution is -2.19. The Morgan fingerprint density at radius 3 is 1.96 bits per heavy atom. The highest BCUT2D eigenvalue weighted by molar-refractivity contribution is 5.96. The molecule has 2 N–H and O–H groups in total. The Morgan fingerprint density at radius 2 is 1.38 bits per heavy atom. The molecule has 6 rings (SSSR count). The van der Waals surface area contributed by atoms with Crippen molar-refractivity contribution in [3.05, 3.63) is 112 Å². The van der Waals surface area contributed by atoms with Crippen molar-refractivity contribution in [1.82, 2.24) is 0 Å². The number of hydrogen-bond acceptors (Lipinski definition) is 6. The summed E-state index contributed by atoms with van der Waals surface area (Å²) in [4.78, 5) is 5.39. The first kappa shape index (κ1) is 35.2. The smallest absolute Gasteiger partial charge is 0.416 e. The minimum Gasteiger partial charge on any atom is -0.496 e. The number of hydrogen-bond donors (Lipinski definition) is 2. The lowest BCUT2D eigenvalue weighted by molar-refractivity contribution is -0.143. The maximum Gasteiger partial charge on any atom is 0.416 e. The van der Waals surface area contributed by atoms with Gasteiger partial charge in [-0.1, -0.05) is 35.5 Å². The second-order valence-electron chi connectivity index (χ2n) is 11.9. The van der Waals surface area contributed by atoms with E-state index in [9.17, 15) is 49.7 Å². The Hall–Kier alpha value is -4.60. The fraction of sp³-hybridized carbons (Fsp3) is 0.286. The molecule has 0 amide bonds. The summed E-state index contributed by atoms with van der Waals surface area (Å²) in [5.41, 5.74) is -1.98. The molecule has 15 heteroatoms. The number of rotatable bonds is 6. The SMILES string of the molecule is COc1ccc(-c2ccc(C(O)O)cc2C)cc1-c1ccc(C(F)(F)F)cc1[C@@H]1OC[C@@H]2C1=NO[C@@H]2c1cc(C(F)(F)F)cc(C(F)(F)F)c1. The van der Waals surface area contributed by atoms with Gasteiger partial charge >= 0.3 is 18.5 Å². The van der Waals surface area contributed by atoms with Gasteiger partial charge in [0.15, 0.2) is 12.4 Å². The summed E-state index contributed by atoms with van der Waals surface area (Å²) in [6.07, 6.45) is -19.5. The van der Waals surface area contributed by atoms with Crippen molar-refractivity contribution >= 4 is 5.71 Å². The van der Waals surface area contributed by atoms with E-state index >= 15 is 0 Å². The molecule has 3 atom stereocenters. The van der Waals surface area contributed by atoms with Crippen LogP contribution in [0.15, 0.2) is 78.0 Å². The van der Waals surface area contributed by atoms with Crippen molar-refractivity contribution in [1.29, 1.82) is 0 Å². The predicted molar refractivity (Wildman–Crippen MR) is 161 cm³/mol. The standard InChI is InChI=1S/C35H26F9NO5/c1-16-9-18(32(46)47)3-6-23(16)17-4-8-28(48-2)25(12-17)24-7-5-20(33(36,37)38)14-26(24)31-29-27(15-49-31)30(50-45-29)19-10-21(34(39,40)41)13-22(11-19)35(42,43)44/h3-14,27,30-32,46-47H,15H2,1-2H3/t27-,30-,31+/m1/s1. The normalized spacial score (nSPS) is 19.4. The molecule has 0 saturated carbocycles. The lowest BCUT2D eigenvalue weighted by atomic mass is 9.86. The highest BCUT2D eigenvalue weighted by Crippen LogP contribution is 2.49. The summed E-state index contributed by atoms with van der Waals surface area (Å²) in [5, 5.41) is 23.1. The topological polar surface area (TPSA) is 80.5 Å². The van der Waals surface area contributed by atoms with Crippen molar-refractivity contribution in [2.24, 2.45) is 11.1 Å². The van der Waals surface area contributed by atoms with Gasteiger partial charge in [-0.2, -0.15) is 39.5 Å². The van der Waals surface area contributed by atoms with Crippen molar-refractivity contribution in [2.45, 2.75) is 44.0 Å². The molecule has 0 unspecified atom stereocenters. The van der Waals surface area contributed by atoms with Gasteiger partial charge in [-0.25, -0.2) is 0 Å². The van der Waals surface area contributed by atoms with Crippen LogP contribution in [0.1, 0.15) is 57.4 Å².